The van der Waals surface area contributed by atoms with Crippen molar-refractivity contribution >= 4 is 53.3 Å². The summed E-state index contributed by atoms with van der Waals surface area (Å²) in [6.07, 6.45) is -20.3. The molecule has 0 bridgehead atoms. The van der Waals surface area contributed by atoms with Crippen LogP contribution in [0.2, 0.25) is 0 Å². The fourth-order valence-corrected chi connectivity index (χ4v) is 17.2. The molecule has 0 aromatic carbocycles. The summed E-state index contributed by atoms with van der Waals surface area (Å²) in [5, 5.41) is 138. The maximum absolute atomic E-state index is 14.9. The molecule has 24 atom stereocenters. The predicted octanol–water partition coefficient (Wildman–Crippen LogP) is -7.49. The molecule has 7 heterocycles. The van der Waals surface area contributed by atoms with Gasteiger partial charge in [0, 0.05) is 102 Å². The van der Waals surface area contributed by atoms with E-state index < -0.39 is 214 Å². The van der Waals surface area contributed by atoms with E-state index in [1.165, 1.54) is 0 Å². The molecule has 19 N–H and O–H groups in total. The van der Waals surface area contributed by atoms with Gasteiger partial charge in [-0.25, -0.2) is 9.59 Å². The van der Waals surface area contributed by atoms with Crippen LogP contribution in [-0.4, -0.2) is 372 Å². The smallest absolute Gasteiger partial charge is 0.397 e. The molecule has 42 nitrogen and oxygen atoms in total. The van der Waals surface area contributed by atoms with Crippen LogP contribution in [-0.2, 0) is 109 Å². The Morgan fingerprint density at radius 1 is 0.492 bits per heavy atom. The van der Waals surface area contributed by atoms with Crippen molar-refractivity contribution in [3.63, 3.8) is 0 Å². The van der Waals surface area contributed by atoms with E-state index in [1.54, 1.807) is 0 Å². The Morgan fingerprint density at radius 2 is 0.898 bits per heavy atom. The summed E-state index contributed by atoms with van der Waals surface area (Å²) in [6, 6.07) is 0. The number of carbonyl (C=O) groups is 9. The van der Waals surface area contributed by atoms with Crippen LogP contribution in [0.1, 0.15) is 136 Å². The Kier molecular flexibility index (Phi) is 34.3. The minimum atomic E-state index is -2.19. The highest BCUT2D eigenvalue weighted by molar-refractivity contribution is 6.32. The molecule has 10 rings (SSSR count). The lowest BCUT2D eigenvalue weighted by atomic mass is 9.46. The van der Waals surface area contributed by atoms with Crippen LogP contribution in [0, 0.1) is 17.3 Å². The average molecular weight is 1690 g/mol. The Labute approximate surface area is 681 Å². The summed E-state index contributed by atoms with van der Waals surface area (Å²) >= 11 is 0. The maximum atomic E-state index is 14.9. The number of amides is 7. The third-order valence-electron chi connectivity index (χ3n) is 23.9. The second-order valence-corrected chi connectivity index (χ2v) is 32.2. The van der Waals surface area contributed by atoms with Gasteiger partial charge in [0.2, 0.25) is 35.4 Å². The second kappa shape index (κ2) is 42.9. The van der Waals surface area contributed by atoms with E-state index in [9.17, 15) is 104 Å². The summed E-state index contributed by atoms with van der Waals surface area (Å²) in [5.74, 6) is -5.97. The number of unbranched alkanes of at least 4 members (excludes halogenated alkanes) is 3. The van der Waals surface area contributed by atoms with Crippen LogP contribution in [0.5, 0.6) is 0 Å². The topological polar surface area (TPSA) is 620 Å². The lowest BCUT2D eigenvalue weighted by Gasteiger charge is -2.53. The Morgan fingerprint density at radius 3 is 1.31 bits per heavy atom. The van der Waals surface area contributed by atoms with Gasteiger partial charge in [0.05, 0.1) is 65.4 Å². The van der Waals surface area contributed by atoms with Gasteiger partial charge in [0.15, 0.2) is 36.3 Å². The number of carbonyl (C=O) groups excluding carboxylic acids is 9. The number of aliphatic hydroxyl groups is 12. The van der Waals surface area contributed by atoms with Crippen molar-refractivity contribution in [1.82, 2.24) is 37.2 Å². The van der Waals surface area contributed by atoms with Crippen molar-refractivity contribution < 1.29 is 171 Å². The number of cyclic esters (lactones) is 1. The van der Waals surface area contributed by atoms with Crippen molar-refractivity contribution in [2.45, 2.75) is 275 Å². The van der Waals surface area contributed by atoms with Crippen LogP contribution in [0.4, 0.5) is 0 Å². The number of rotatable bonds is 50. The third kappa shape index (κ3) is 22.0. The number of esters is 2. The quantitative estimate of drug-likeness (QED) is 0.00884. The summed E-state index contributed by atoms with van der Waals surface area (Å²) < 4.78 is 83.3. The highest BCUT2D eigenvalue weighted by atomic mass is 16.8. The Bertz CT molecular complexity index is 3330. The largest absolute Gasteiger partial charge is 0.458 e. The van der Waals surface area contributed by atoms with Crippen LogP contribution < -0.4 is 37.2 Å². The summed E-state index contributed by atoms with van der Waals surface area (Å²) in [5.41, 5.74) is -4.76. The molecule has 0 radical (unpaired) electrons. The van der Waals surface area contributed by atoms with E-state index in [-0.39, 0.29) is 159 Å². The lowest BCUT2D eigenvalue weighted by molar-refractivity contribution is -0.301. The zero-order chi connectivity index (χ0) is 85.3. The average Bonchev–Trinajstić information content (AvgIpc) is 1.41. The predicted molar refractivity (Wildman–Crippen MR) is 396 cm³/mol. The number of epoxide rings is 3. The first-order chi connectivity index (χ1) is 56.5. The summed E-state index contributed by atoms with van der Waals surface area (Å²) in [6.45, 7) is 2.77. The number of hydrogen-bond acceptors (Lipinski definition) is 35. The van der Waals surface area contributed by atoms with Gasteiger partial charge >= 0.3 is 17.8 Å². The number of ether oxygens (including phenoxy) is 14. The van der Waals surface area contributed by atoms with E-state index >= 15 is 0 Å². The van der Waals surface area contributed by atoms with E-state index in [4.69, 9.17) is 66.3 Å². The SMILES string of the molecule is CC(C)[C@]12O[C@H]1[C@@H]1O[C@]13[C@]1(O[C@H]1CC1C4=C(CC[C@@]13C)C(=O)OC4)[C@@H]2OC(=O)C(=O)NC(COCCC(=O)NCCCNC(=O)CCCCO[C@@H]1O[C@H](CO)[C@@H](O)[C@H](O)[C@H]1O)(COCCC(=O)NCCCNC(=O)CCCCO[C@@H]1O[C@H](CO)[C@@H](O)[C@H](O)[C@H]1O)OCCC(=O)NCCCNC(=O)CCCCO[C@@H]1O[C@H](CO)[C@@H](O)[C@H](O)[C@H]1O. The first kappa shape index (κ1) is 94.3. The molecule has 0 aromatic heterocycles. The van der Waals surface area contributed by atoms with Crippen LogP contribution in [0.15, 0.2) is 11.1 Å². The monoisotopic (exact) mass is 1690 g/mol. The fourth-order valence-electron chi connectivity index (χ4n) is 17.2. The highest BCUT2D eigenvalue weighted by Gasteiger charge is 3.01. The van der Waals surface area contributed by atoms with E-state index in [2.05, 4.69) is 44.1 Å². The molecule has 7 aliphatic heterocycles. The van der Waals surface area contributed by atoms with Crippen LogP contribution in [0.3, 0.4) is 0 Å². The van der Waals surface area contributed by atoms with Gasteiger partial charge in [-0.2, -0.15) is 0 Å². The Hall–Kier alpha value is -5.99. The molecule has 0 aromatic rings. The van der Waals surface area contributed by atoms with Crippen LogP contribution in [0.25, 0.3) is 0 Å². The molecule has 118 heavy (non-hydrogen) atoms. The lowest BCUT2D eigenvalue weighted by Crippen LogP contribution is -2.70. The van der Waals surface area contributed by atoms with Crippen molar-refractivity contribution in [3.8, 4) is 0 Å². The molecule has 670 valence electrons. The molecular weight excluding hydrogens is 1570 g/mol. The number of fused-ring (bicyclic) bond motifs is 4. The first-order valence-electron chi connectivity index (χ1n) is 41.1. The fraction of sp³-hybridized carbons (Fsp3) is 0.855. The molecule has 8 fully saturated rings. The number of nitrogens with one attached hydrogen (secondary N) is 7. The maximum Gasteiger partial charge on any atom is 0.397 e. The van der Waals surface area contributed by atoms with Gasteiger partial charge in [-0.1, -0.05) is 20.8 Å². The van der Waals surface area contributed by atoms with Crippen molar-refractivity contribution in [3.05, 3.63) is 11.1 Å². The molecule has 42 heteroatoms. The van der Waals surface area contributed by atoms with Crippen molar-refractivity contribution in [2.75, 3.05) is 119 Å². The molecule has 2 saturated carbocycles. The second-order valence-electron chi connectivity index (χ2n) is 32.2. The van der Waals surface area contributed by atoms with Gasteiger partial charge < -0.3 is 165 Å². The van der Waals surface area contributed by atoms with Gasteiger partial charge in [0.25, 0.3) is 0 Å². The standard InChI is InChI=1S/C76H121N7O35/c1-40(2)74-63(117-74)64-76(118-64)72(3)20-16-41-42(37-110-66(41)103)43(72)33-47-75(76,116-47)71(74)115-67(104)65(102)83-73(111-32-19-53(92)82-26-12-23-79-50(89)15-6-9-29-109-70-62(101)59(98)56(95)46(36-86)114-70,38-105-30-17-51(90)80-24-10-21-77-48(87)13-4-7-27-107-68-60(99)57(96)54(93)44(34-84)112-68)39-106-31-18-52(91)81-25-11-22-78-49(88)14-5-8-28-108-69-61(100)58(97)55(94)45(35-85)113-69/h40,43-47,54-64,68-71,84-86,93-101H,4-39H2,1-3H3,(H,77,87)(H,78,88)(H,79,89)(H,80,90)(H,81,91)(H,82,92)(H,83,102)/t43?,44-,45-,46-,47+,54-,55-,56-,57+,58+,59+,60-,61-,62-,63+,64+,68-,69-,70-,71-,72+,74+,75-,76-/m1/s1. The molecule has 10 aliphatic rings. The van der Waals surface area contributed by atoms with Crippen molar-refractivity contribution in [2.24, 2.45) is 17.3 Å². The van der Waals surface area contributed by atoms with Gasteiger partial charge in [-0.15, -0.1) is 0 Å². The van der Waals surface area contributed by atoms with Crippen LogP contribution >= 0.6 is 0 Å². The molecule has 6 saturated heterocycles. The number of aliphatic hydroxyl groups excluding tert-OH is 12. The number of hydrogen-bond donors (Lipinski definition) is 19. The van der Waals surface area contributed by atoms with E-state index in [0.29, 0.717) is 76.2 Å². The highest BCUT2D eigenvalue weighted by Crippen LogP contribution is 2.83. The normalized spacial score (nSPS) is 34.7. The Balaban J connectivity index is 0.736. The van der Waals surface area contributed by atoms with Gasteiger partial charge in [0.1, 0.15) is 103 Å². The first-order valence-corrected chi connectivity index (χ1v) is 41.1. The minimum Gasteiger partial charge on any atom is -0.458 e. The zero-order valence-corrected chi connectivity index (χ0v) is 66.8. The van der Waals surface area contributed by atoms with Gasteiger partial charge in [-0.05, 0) is 94.5 Å². The molecule has 3 aliphatic carbocycles. The summed E-state index contributed by atoms with van der Waals surface area (Å²) in [4.78, 5) is 121. The molecular formula is C76H121N7O35. The van der Waals surface area contributed by atoms with E-state index in [0.717, 1.165) is 5.57 Å². The van der Waals surface area contributed by atoms with Crippen molar-refractivity contribution in [1.29, 1.82) is 0 Å². The third-order valence-corrected chi connectivity index (χ3v) is 23.9. The molecule has 2 spiro atoms. The van der Waals surface area contributed by atoms with Gasteiger partial charge in [-0.3, -0.25) is 33.6 Å². The minimum absolute atomic E-state index is 0.0252. The summed E-state index contributed by atoms with van der Waals surface area (Å²) in [7, 11) is 0. The molecule has 7 amide bonds. The molecule has 1 unspecified atom stereocenters. The van der Waals surface area contributed by atoms with E-state index in [1.807, 2.05) is 13.8 Å². The zero-order valence-electron chi connectivity index (χ0n) is 66.8.